The van der Waals surface area contributed by atoms with E-state index in [0.717, 1.165) is 38.5 Å². The summed E-state index contributed by atoms with van der Waals surface area (Å²) in [6.45, 7) is 9.78. The molecule has 0 aromatic heterocycles. The first kappa shape index (κ1) is 32.7. The van der Waals surface area contributed by atoms with Crippen molar-refractivity contribution in [3.63, 3.8) is 0 Å². The second-order valence-corrected chi connectivity index (χ2v) is 14.5. The summed E-state index contributed by atoms with van der Waals surface area (Å²) >= 11 is 0. The van der Waals surface area contributed by atoms with Crippen LogP contribution in [-0.4, -0.2) is 43.6 Å². The Balaban J connectivity index is 2.06. The minimum absolute atomic E-state index is 0.133. The second-order valence-electron chi connectivity index (χ2n) is 14.5. The molecule has 2 fully saturated rings. The van der Waals surface area contributed by atoms with Gasteiger partial charge >= 0.3 is 0 Å². The topological polar surface area (TPSA) is 149 Å². The number of ketones is 4. The van der Waals surface area contributed by atoms with Gasteiger partial charge < -0.3 is 20.4 Å². The van der Waals surface area contributed by atoms with Crippen LogP contribution in [-0.2, 0) is 9.59 Å². The highest BCUT2D eigenvalue weighted by Gasteiger charge is 2.55. The first-order valence-corrected chi connectivity index (χ1v) is 16.0. The number of benzene rings is 1. The van der Waals surface area contributed by atoms with Crippen molar-refractivity contribution in [3.8, 4) is 17.2 Å². The van der Waals surface area contributed by atoms with E-state index in [1.54, 1.807) is 0 Å². The summed E-state index contributed by atoms with van der Waals surface area (Å²) in [7, 11) is 0. The molecule has 4 N–H and O–H groups in total. The standard InChI is InChI=1S/C35H48O8/c1-18(2)17-21(23-31(41)34(3,4)33(43)35(5,6)32(23)42)22-28(38)24(26(36)19-13-9-7-10-14-19)30(40)25(29(22)39)27(37)20-15-11-8-12-16-20/h18-21,38-41H,7-17H2,1-6H3. The Morgan fingerprint density at radius 3 is 1.51 bits per heavy atom. The molecule has 1 unspecified atom stereocenters. The maximum absolute atomic E-state index is 14.0. The van der Waals surface area contributed by atoms with Gasteiger partial charge in [-0.2, -0.15) is 0 Å². The zero-order valence-electron chi connectivity index (χ0n) is 26.5. The van der Waals surface area contributed by atoms with Gasteiger partial charge in [-0.15, -0.1) is 0 Å². The van der Waals surface area contributed by atoms with Gasteiger partial charge in [0.1, 0.15) is 34.1 Å². The maximum atomic E-state index is 14.0. The van der Waals surface area contributed by atoms with Crippen molar-refractivity contribution in [2.24, 2.45) is 28.6 Å². The number of phenols is 3. The third-order valence-corrected chi connectivity index (χ3v) is 10.1. The van der Waals surface area contributed by atoms with Gasteiger partial charge in [-0.1, -0.05) is 52.4 Å². The SMILES string of the molecule is CC(C)CC(C1=C(O)C(C)(C)C(=O)C(C)(C)C1=O)c1c(O)c(C(=O)C2CCCCC2)c(O)c(C(=O)C2CCCCC2)c1O. The van der Waals surface area contributed by atoms with Crippen molar-refractivity contribution in [3.05, 3.63) is 28.0 Å². The van der Waals surface area contributed by atoms with Crippen LogP contribution in [0.1, 0.15) is 144 Å². The number of carbonyl (C=O) groups excluding carboxylic acids is 4. The Bertz CT molecular complexity index is 1290. The minimum atomic E-state index is -1.51. The predicted octanol–water partition coefficient (Wildman–Crippen LogP) is 7.48. The van der Waals surface area contributed by atoms with E-state index in [-0.39, 0.29) is 23.5 Å². The highest BCUT2D eigenvalue weighted by Crippen LogP contribution is 2.55. The van der Waals surface area contributed by atoms with Crippen molar-refractivity contribution >= 4 is 23.1 Å². The molecule has 2 saturated carbocycles. The number of phenolic OH excluding ortho intramolecular Hbond substituents is 3. The van der Waals surface area contributed by atoms with Gasteiger partial charge in [0.15, 0.2) is 23.1 Å². The van der Waals surface area contributed by atoms with Crippen LogP contribution in [0, 0.1) is 28.6 Å². The Morgan fingerprint density at radius 2 is 1.12 bits per heavy atom. The second kappa shape index (κ2) is 12.1. The van der Waals surface area contributed by atoms with Crippen molar-refractivity contribution in [2.45, 2.75) is 118 Å². The average molecular weight is 597 g/mol. The van der Waals surface area contributed by atoms with Gasteiger partial charge in [0, 0.05) is 28.9 Å². The average Bonchev–Trinajstić information content (AvgIpc) is 2.96. The molecule has 8 nitrogen and oxygen atoms in total. The molecule has 1 atom stereocenters. The number of hydrogen-bond acceptors (Lipinski definition) is 8. The summed E-state index contributed by atoms with van der Waals surface area (Å²) in [5.74, 6) is -6.89. The third kappa shape index (κ3) is 5.62. The molecule has 0 spiro atoms. The zero-order chi connectivity index (χ0) is 32.0. The van der Waals surface area contributed by atoms with E-state index >= 15 is 0 Å². The summed E-state index contributed by atoms with van der Waals surface area (Å²) in [5.41, 5.74) is -4.14. The molecule has 0 bridgehead atoms. The van der Waals surface area contributed by atoms with Crippen molar-refractivity contribution in [2.75, 3.05) is 0 Å². The van der Waals surface area contributed by atoms with Gasteiger partial charge in [-0.05, 0) is 65.7 Å². The lowest BCUT2D eigenvalue weighted by Gasteiger charge is -2.41. The smallest absolute Gasteiger partial charge is 0.175 e. The molecule has 3 aliphatic rings. The maximum Gasteiger partial charge on any atom is 0.175 e. The highest BCUT2D eigenvalue weighted by molar-refractivity contribution is 6.20. The largest absolute Gasteiger partial charge is 0.511 e. The molecule has 8 heteroatoms. The summed E-state index contributed by atoms with van der Waals surface area (Å²) < 4.78 is 0. The molecule has 236 valence electrons. The number of rotatable bonds is 8. The van der Waals surface area contributed by atoms with Crippen LogP contribution < -0.4 is 0 Å². The fourth-order valence-electron chi connectivity index (χ4n) is 7.61. The summed E-state index contributed by atoms with van der Waals surface area (Å²) in [4.78, 5) is 55.2. The summed E-state index contributed by atoms with van der Waals surface area (Å²) in [5, 5.41) is 46.7. The molecule has 3 aliphatic carbocycles. The molecule has 0 radical (unpaired) electrons. The van der Waals surface area contributed by atoms with Crippen LogP contribution in [0.25, 0.3) is 0 Å². The van der Waals surface area contributed by atoms with E-state index in [2.05, 4.69) is 0 Å². The number of aliphatic hydroxyl groups is 1. The van der Waals surface area contributed by atoms with Crippen molar-refractivity contribution < 1.29 is 39.6 Å². The third-order valence-electron chi connectivity index (χ3n) is 10.1. The van der Waals surface area contributed by atoms with E-state index in [1.807, 2.05) is 13.8 Å². The molecule has 1 aromatic carbocycles. The normalized spacial score (nSPS) is 22.2. The van der Waals surface area contributed by atoms with Crippen LogP contribution in [0.2, 0.25) is 0 Å². The van der Waals surface area contributed by atoms with Crippen LogP contribution in [0.4, 0.5) is 0 Å². The van der Waals surface area contributed by atoms with Gasteiger partial charge in [-0.25, -0.2) is 0 Å². The fraction of sp³-hybridized carbons (Fsp3) is 0.657. The van der Waals surface area contributed by atoms with Gasteiger partial charge in [0.2, 0.25) is 0 Å². The zero-order valence-corrected chi connectivity index (χ0v) is 26.5. The molecule has 0 aliphatic heterocycles. The lowest BCUT2D eigenvalue weighted by molar-refractivity contribution is -0.144. The Labute approximate surface area is 254 Å². The number of allylic oxidation sites excluding steroid dienone is 2. The first-order chi connectivity index (χ1) is 20.0. The monoisotopic (exact) mass is 596 g/mol. The van der Waals surface area contributed by atoms with E-state index in [4.69, 9.17) is 0 Å². The lowest BCUT2D eigenvalue weighted by atomic mass is 9.60. The van der Waals surface area contributed by atoms with Crippen LogP contribution in [0.3, 0.4) is 0 Å². The molecule has 43 heavy (non-hydrogen) atoms. The van der Waals surface area contributed by atoms with Gasteiger partial charge in [0.05, 0.1) is 10.8 Å². The molecule has 0 saturated heterocycles. The van der Waals surface area contributed by atoms with Gasteiger partial charge in [-0.3, -0.25) is 19.2 Å². The summed E-state index contributed by atoms with van der Waals surface area (Å²) in [6.07, 6.45) is 7.67. The van der Waals surface area contributed by atoms with E-state index in [1.165, 1.54) is 27.7 Å². The molecule has 0 amide bonds. The molecular weight excluding hydrogens is 548 g/mol. The van der Waals surface area contributed by atoms with E-state index < -0.39 is 85.9 Å². The number of hydrogen-bond donors (Lipinski definition) is 4. The van der Waals surface area contributed by atoms with Gasteiger partial charge in [0.25, 0.3) is 0 Å². The first-order valence-electron chi connectivity index (χ1n) is 16.0. The molecular formula is C35H48O8. The predicted molar refractivity (Wildman–Crippen MR) is 163 cm³/mol. The number of aliphatic hydroxyl groups excluding tert-OH is 1. The lowest BCUT2D eigenvalue weighted by Crippen LogP contribution is -2.49. The Morgan fingerprint density at radius 1 is 0.698 bits per heavy atom. The quantitative estimate of drug-likeness (QED) is 0.178. The molecule has 4 rings (SSSR count). The number of aromatic hydroxyl groups is 3. The number of carbonyl (C=O) groups is 4. The Hall–Kier alpha value is -3.16. The summed E-state index contributed by atoms with van der Waals surface area (Å²) in [6, 6.07) is 0. The molecule has 0 heterocycles. The number of Topliss-reactive ketones (excluding diaryl/α,β-unsaturated/α-hetero) is 4. The highest BCUT2D eigenvalue weighted by atomic mass is 16.3. The molecule has 1 aromatic rings. The van der Waals surface area contributed by atoms with Crippen molar-refractivity contribution in [1.82, 2.24) is 0 Å². The van der Waals surface area contributed by atoms with Crippen molar-refractivity contribution in [1.29, 1.82) is 0 Å². The van der Waals surface area contributed by atoms with Crippen LogP contribution in [0.15, 0.2) is 11.3 Å². The Kier molecular flexibility index (Phi) is 9.20. The van der Waals surface area contributed by atoms with Crippen LogP contribution in [0.5, 0.6) is 17.2 Å². The minimum Gasteiger partial charge on any atom is -0.511 e. The van der Waals surface area contributed by atoms with E-state index in [9.17, 15) is 39.6 Å². The van der Waals surface area contributed by atoms with E-state index in [0.29, 0.717) is 25.7 Å². The fourth-order valence-corrected chi connectivity index (χ4v) is 7.61. The van der Waals surface area contributed by atoms with Crippen LogP contribution >= 0.6 is 0 Å².